The van der Waals surface area contributed by atoms with Gasteiger partial charge in [-0.25, -0.2) is 12.7 Å². The van der Waals surface area contributed by atoms with Gasteiger partial charge in [-0.3, -0.25) is 0 Å². The SMILES string of the molecule is COc1ccc(CCN2CCCS2(=O)=O)cc1. The number of rotatable bonds is 4. The molecule has 1 aliphatic rings. The predicted molar refractivity (Wildman–Crippen MR) is 66.7 cm³/mol. The lowest BCUT2D eigenvalue weighted by atomic mass is 10.1. The van der Waals surface area contributed by atoms with E-state index in [1.807, 2.05) is 24.3 Å². The molecule has 94 valence electrons. The van der Waals surface area contributed by atoms with Crippen molar-refractivity contribution in [2.24, 2.45) is 0 Å². The first kappa shape index (κ1) is 12.4. The van der Waals surface area contributed by atoms with Crippen LogP contribution >= 0.6 is 0 Å². The van der Waals surface area contributed by atoms with E-state index in [0.29, 0.717) is 18.8 Å². The van der Waals surface area contributed by atoms with Crippen LogP contribution in [0.25, 0.3) is 0 Å². The van der Waals surface area contributed by atoms with E-state index in [9.17, 15) is 8.42 Å². The maximum absolute atomic E-state index is 11.6. The summed E-state index contributed by atoms with van der Waals surface area (Å²) in [6, 6.07) is 7.74. The Morgan fingerprint density at radius 2 is 2.00 bits per heavy atom. The zero-order chi connectivity index (χ0) is 12.3. The number of sulfonamides is 1. The Bertz CT molecular complexity index is 467. The van der Waals surface area contributed by atoms with Crippen molar-refractivity contribution >= 4 is 10.0 Å². The highest BCUT2D eigenvalue weighted by Gasteiger charge is 2.27. The summed E-state index contributed by atoms with van der Waals surface area (Å²) >= 11 is 0. The second kappa shape index (κ2) is 5.06. The van der Waals surface area contributed by atoms with Gasteiger partial charge in [-0.05, 0) is 30.5 Å². The average Bonchev–Trinajstić information content (AvgIpc) is 2.66. The Balaban J connectivity index is 1.93. The molecule has 0 N–H and O–H groups in total. The third-order valence-electron chi connectivity index (χ3n) is 3.01. The summed E-state index contributed by atoms with van der Waals surface area (Å²) in [5.41, 5.74) is 1.13. The minimum atomic E-state index is -2.96. The standard InChI is InChI=1S/C12H17NO3S/c1-16-12-5-3-11(4-6-12)7-9-13-8-2-10-17(13,14)15/h3-6H,2,7-10H2,1H3. The first-order valence-corrected chi connectivity index (χ1v) is 7.33. The van der Waals surface area contributed by atoms with Gasteiger partial charge in [0.1, 0.15) is 5.75 Å². The second-order valence-electron chi connectivity index (χ2n) is 4.17. The van der Waals surface area contributed by atoms with Gasteiger partial charge in [0, 0.05) is 13.1 Å². The van der Waals surface area contributed by atoms with E-state index in [-0.39, 0.29) is 0 Å². The van der Waals surface area contributed by atoms with Crippen molar-refractivity contribution in [1.29, 1.82) is 0 Å². The summed E-state index contributed by atoms with van der Waals surface area (Å²) in [4.78, 5) is 0. The van der Waals surface area contributed by atoms with Gasteiger partial charge < -0.3 is 4.74 Å². The van der Waals surface area contributed by atoms with E-state index >= 15 is 0 Å². The molecular formula is C12H17NO3S. The highest BCUT2D eigenvalue weighted by Crippen LogP contribution is 2.16. The zero-order valence-corrected chi connectivity index (χ0v) is 10.7. The Morgan fingerprint density at radius 1 is 1.29 bits per heavy atom. The van der Waals surface area contributed by atoms with Gasteiger partial charge in [-0.1, -0.05) is 12.1 Å². The Hall–Kier alpha value is -1.07. The van der Waals surface area contributed by atoms with Gasteiger partial charge in [0.2, 0.25) is 10.0 Å². The number of ether oxygens (including phenoxy) is 1. The molecule has 0 unspecified atom stereocenters. The number of nitrogens with zero attached hydrogens (tertiary/aromatic N) is 1. The summed E-state index contributed by atoms with van der Waals surface area (Å²) in [5, 5.41) is 0. The number of hydrogen-bond acceptors (Lipinski definition) is 3. The quantitative estimate of drug-likeness (QED) is 0.814. The summed E-state index contributed by atoms with van der Waals surface area (Å²) in [6.45, 7) is 1.24. The smallest absolute Gasteiger partial charge is 0.214 e. The predicted octanol–water partition coefficient (Wildman–Crippen LogP) is 1.27. The van der Waals surface area contributed by atoms with E-state index in [4.69, 9.17) is 4.74 Å². The lowest BCUT2D eigenvalue weighted by Crippen LogP contribution is -2.27. The van der Waals surface area contributed by atoms with Crippen LogP contribution in [0.4, 0.5) is 0 Å². The van der Waals surface area contributed by atoms with Crippen LogP contribution in [0, 0.1) is 0 Å². The first-order chi connectivity index (χ1) is 8.12. The van der Waals surface area contributed by atoms with Gasteiger partial charge in [0.25, 0.3) is 0 Å². The van der Waals surface area contributed by atoms with Gasteiger partial charge in [0.05, 0.1) is 12.9 Å². The molecule has 1 heterocycles. The molecule has 0 aliphatic carbocycles. The topological polar surface area (TPSA) is 46.6 Å². The Labute approximate surface area is 102 Å². The largest absolute Gasteiger partial charge is 0.497 e. The molecule has 0 amide bonds. The molecule has 1 aliphatic heterocycles. The summed E-state index contributed by atoms with van der Waals surface area (Å²) < 4.78 is 29.8. The molecule has 0 aromatic heterocycles. The van der Waals surface area contributed by atoms with Crippen molar-refractivity contribution in [2.75, 3.05) is 26.0 Å². The number of benzene rings is 1. The maximum Gasteiger partial charge on any atom is 0.214 e. The Kier molecular flexibility index (Phi) is 3.69. The fourth-order valence-corrected chi connectivity index (χ4v) is 3.52. The van der Waals surface area contributed by atoms with Crippen molar-refractivity contribution in [3.8, 4) is 5.75 Å². The molecule has 2 rings (SSSR count). The van der Waals surface area contributed by atoms with Crippen LogP contribution in [0.5, 0.6) is 5.75 Å². The van der Waals surface area contributed by atoms with Crippen LogP contribution < -0.4 is 4.74 Å². The van der Waals surface area contributed by atoms with Gasteiger partial charge in [0.15, 0.2) is 0 Å². The minimum Gasteiger partial charge on any atom is -0.497 e. The molecule has 4 nitrogen and oxygen atoms in total. The van der Waals surface area contributed by atoms with Gasteiger partial charge in [-0.2, -0.15) is 0 Å². The molecule has 1 aromatic carbocycles. The molecule has 5 heteroatoms. The molecule has 1 saturated heterocycles. The zero-order valence-electron chi connectivity index (χ0n) is 9.93. The molecule has 0 saturated carbocycles. The number of hydrogen-bond donors (Lipinski definition) is 0. The van der Waals surface area contributed by atoms with Crippen LogP contribution in [-0.4, -0.2) is 38.7 Å². The monoisotopic (exact) mass is 255 g/mol. The molecular weight excluding hydrogens is 238 g/mol. The van der Waals surface area contributed by atoms with Crippen molar-refractivity contribution in [1.82, 2.24) is 4.31 Å². The second-order valence-corrected chi connectivity index (χ2v) is 6.26. The van der Waals surface area contributed by atoms with Crippen molar-refractivity contribution in [2.45, 2.75) is 12.8 Å². The van der Waals surface area contributed by atoms with Crippen LogP contribution in [0.15, 0.2) is 24.3 Å². The van der Waals surface area contributed by atoms with E-state index in [1.165, 1.54) is 0 Å². The normalized spacial score (nSPS) is 19.4. The molecule has 1 aromatic rings. The van der Waals surface area contributed by atoms with E-state index in [2.05, 4.69) is 0 Å². The highest BCUT2D eigenvalue weighted by atomic mass is 32.2. The summed E-state index contributed by atoms with van der Waals surface area (Å²) in [5.74, 6) is 1.12. The van der Waals surface area contributed by atoms with Crippen molar-refractivity contribution in [3.05, 3.63) is 29.8 Å². The summed E-state index contributed by atoms with van der Waals surface area (Å²) in [6.07, 6.45) is 1.51. The molecule has 0 spiro atoms. The van der Waals surface area contributed by atoms with Crippen molar-refractivity contribution in [3.63, 3.8) is 0 Å². The molecule has 0 bridgehead atoms. The molecule has 0 radical (unpaired) electrons. The third kappa shape index (κ3) is 2.98. The van der Waals surface area contributed by atoms with Gasteiger partial charge >= 0.3 is 0 Å². The lowest BCUT2D eigenvalue weighted by molar-refractivity contribution is 0.414. The minimum absolute atomic E-state index is 0.301. The van der Waals surface area contributed by atoms with Crippen LogP contribution in [0.3, 0.4) is 0 Å². The van der Waals surface area contributed by atoms with Gasteiger partial charge in [-0.15, -0.1) is 0 Å². The number of methoxy groups -OCH3 is 1. The summed E-state index contributed by atoms with van der Waals surface area (Å²) in [7, 11) is -1.33. The van der Waals surface area contributed by atoms with E-state index in [1.54, 1.807) is 11.4 Å². The van der Waals surface area contributed by atoms with Crippen LogP contribution in [-0.2, 0) is 16.4 Å². The average molecular weight is 255 g/mol. The van der Waals surface area contributed by atoms with Crippen LogP contribution in [0.2, 0.25) is 0 Å². The maximum atomic E-state index is 11.6. The fraction of sp³-hybridized carbons (Fsp3) is 0.500. The van der Waals surface area contributed by atoms with Crippen molar-refractivity contribution < 1.29 is 13.2 Å². The first-order valence-electron chi connectivity index (χ1n) is 5.72. The Morgan fingerprint density at radius 3 is 2.53 bits per heavy atom. The fourth-order valence-electron chi connectivity index (χ4n) is 1.99. The molecule has 1 fully saturated rings. The van der Waals surface area contributed by atoms with E-state index < -0.39 is 10.0 Å². The molecule has 0 atom stereocenters. The third-order valence-corrected chi connectivity index (χ3v) is 4.97. The highest BCUT2D eigenvalue weighted by molar-refractivity contribution is 7.89. The lowest BCUT2D eigenvalue weighted by Gasteiger charge is -2.13. The molecule has 17 heavy (non-hydrogen) atoms. The van der Waals surface area contributed by atoms with Crippen LogP contribution in [0.1, 0.15) is 12.0 Å². The van der Waals surface area contributed by atoms with E-state index in [0.717, 1.165) is 24.2 Å².